The van der Waals surface area contributed by atoms with Crippen LogP contribution in [0.25, 0.3) is 0 Å². The van der Waals surface area contributed by atoms with Crippen molar-refractivity contribution in [1.82, 2.24) is 39.9 Å². The average molecular weight is 712 g/mol. The lowest BCUT2D eigenvalue weighted by atomic mass is 9.98. The van der Waals surface area contributed by atoms with Crippen LogP contribution in [0, 0.1) is 5.82 Å². The SMILES string of the molecule is C=CCN1CC(=O)N2[C@@H](Cc3ccc(O)cc3)C(=O)N(Cc3ccc(F)c(N4CC(N5CCN(C)CC5)C4)n3)C[C@@H]2N1C(=O)NCc1ccccc1. The number of phenolic OH excluding ortho intramolecular Hbond substituents is 1. The number of likely N-dealkylation sites (N-methyl/N-ethyl adjacent to an activating group) is 1. The molecule has 2 atom stereocenters. The monoisotopic (exact) mass is 711 g/mol. The number of hydrazine groups is 1. The number of carbonyl (C=O) groups is 3. The highest BCUT2D eigenvalue weighted by Gasteiger charge is 2.51. The first-order chi connectivity index (χ1) is 25.2. The van der Waals surface area contributed by atoms with E-state index in [4.69, 9.17) is 4.98 Å². The molecule has 0 aliphatic carbocycles. The molecule has 5 heterocycles. The Bertz CT molecular complexity index is 1770. The number of anilines is 1. The maximum absolute atomic E-state index is 15.2. The fourth-order valence-electron chi connectivity index (χ4n) is 7.58. The molecule has 0 bridgehead atoms. The summed E-state index contributed by atoms with van der Waals surface area (Å²) in [5.74, 6) is -0.650. The lowest BCUT2D eigenvalue weighted by molar-refractivity contribution is -0.189. The molecule has 4 amide bonds. The molecule has 0 spiro atoms. The van der Waals surface area contributed by atoms with Crippen LogP contribution in [0.4, 0.5) is 15.0 Å². The normalized spacial score (nSPS) is 22.0. The van der Waals surface area contributed by atoms with Crippen molar-refractivity contribution in [2.45, 2.75) is 37.8 Å². The van der Waals surface area contributed by atoms with Crippen molar-refractivity contribution < 1.29 is 23.9 Å². The molecule has 0 unspecified atom stereocenters. The van der Waals surface area contributed by atoms with Gasteiger partial charge in [-0.05, 0) is 42.4 Å². The number of hydrogen-bond acceptors (Lipinski definition) is 9. The minimum Gasteiger partial charge on any atom is -0.508 e. The summed E-state index contributed by atoms with van der Waals surface area (Å²) < 4.78 is 15.2. The molecule has 4 fully saturated rings. The molecule has 0 radical (unpaired) electrons. The second kappa shape index (κ2) is 15.3. The Kier molecular flexibility index (Phi) is 10.4. The van der Waals surface area contributed by atoms with Gasteiger partial charge in [-0.15, -0.1) is 6.58 Å². The summed E-state index contributed by atoms with van der Waals surface area (Å²) in [6.07, 6.45) is 0.965. The van der Waals surface area contributed by atoms with Gasteiger partial charge in [-0.2, -0.15) is 0 Å². The molecule has 274 valence electrons. The Labute approximate surface area is 303 Å². The third-order valence-electron chi connectivity index (χ3n) is 10.5. The first kappa shape index (κ1) is 35.4. The van der Waals surface area contributed by atoms with Crippen molar-refractivity contribution in [2.24, 2.45) is 0 Å². The molecule has 52 heavy (non-hydrogen) atoms. The van der Waals surface area contributed by atoms with Gasteiger partial charge in [0, 0.05) is 64.8 Å². The van der Waals surface area contributed by atoms with Gasteiger partial charge in [-0.3, -0.25) is 14.5 Å². The molecule has 2 N–H and O–H groups in total. The number of nitrogens with one attached hydrogen (secondary N) is 1. The van der Waals surface area contributed by atoms with Crippen molar-refractivity contribution in [2.75, 3.05) is 70.9 Å². The molecular formula is C38H46FN9O4. The van der Waals surface area contributed by atoms with Gasteiger partial charge in [0.05, 0.1) is 25.3 Å². The summed E-state index contributed by atoms with van der Waals surface area (Å²) in [5, 5.41) is 16.1. The molecule has 3 aromatic rings. The summed E-state index contributed by atoms with van der Waals surface area (Å²) in [4.78, 5) is 56.9. The van der Waals surface area contributed by atoms with Crippen LogP contribution in [0.3, 0.4) is 0 Å². The van der Waals surface area contributed by atoms with Crippen molar-refractivity contribution >= 4 is 23.7 Å². The number of carbonyl (C=O) groups excluding carboxylic acids is 3. The third kappa shape index (κ3) is 7.45. The molecule has 0 saturated carbocycles. The second-order valence-electron chi connectivity index (χ2n) is 14.0. The number of hydrogen-bond donors (Lipinski definition) is 2. The van der Waals surface area contributed by atoms with E-state index in [0.717, 1.165) is 37.3 Å². The van der Waals surface area contributed by atoms with Crippen LogP contribution >= 0.6 is 0 Å². The van der Waals surface area contributed by atoms with Gasteiger partial charge in [-0.25, -0.2) is 24.2 Å². The van der Waals surface area contributed by atoms with E-state index in [1.807, 2.05) is 35.2 Å². The smallest absolute Gasteiger partial charge is 0.334 e. The van der Waals surface area contributed by atoms with Crippen molar-refractivity contribution in [1.29, 1.82) is 0 Å². The van der Waals surface area contributed by atoms with Crippen LogP contribution in [-0.4, -0.2) is 142 Å². The number of aromatic nitrogens is 1. The van der Waals surface area contributed by atoms with Crippen LogP contribution in [0.15, 0.2) is 79.4 Å². The number of urea groups is 1. The number of piperazine rings is 2. The van der Waals surface area contributed by atoms with E-state index >= 15 is 4.39 Å². The summed E-state index contributed by atoms with van der Waals surface area (Å²) in [6, 6.07) is 18.0. The van der Waals surface area contributed by atoms with E-state index in [1.165, 1.54) is 16.0 Å². The Morgan fingerprint density at radius 3 is 2.42 bits per heavy atom. The Hall–Kier alpha value is -5.05. The Balaban J connectivity index is 1.15. The fraction of sp³-hybridized carbons (Fsp3) is 0.421. The van der Waals surface area contributed by atoms with Crippen LogP contribution < -0.4 is 10.2 Å². The lowest BCUT2D eigenvalue weighted by Gasteiger charge is -2.55. The van der Waals surface area contributed by atoms with Crippen LogP contribution in [0.1, 0.15) is 16.8 Å². The number of phenols is 1. The molecule has 2 aromatic carbocycles. The highest BCUT2D eigenvalue weighted by molar-refractivity contribution is 5.91. The largest absolute Gasteiger partial charge is 0.508 e. The topological polar surface area (TPSA) is 119 Å². The van der Waals surface area contributed by atoms with Gasteiger partial charge in [0.1, 0.15) is 18.0 Å². The lowest BCUT2D eigenvalue weighted by Crippen LogP contribution is -2.76. The standard InChI is InChI=1S/C38H46FN9O4/c1-3-15-46-26-35(50)47-33(20-27-9-12-31(49)13-10-27)37(51)45(25-34(47)48(46)38(52)40-21-28-7-5-4-6-8-28)22-29-11-14-32(39)36(41-29)44-23-30(24-44)43-18-16-42(2)17-19-43/h3-14,30,33-34,49H,1,15-26H2,2H3,(H,40,52)/t33-,34-/m0/s1. The number of nitrogens with zero attached hydrogens (tertiary/aromatic N) is 8. The number of amides is 4. The highest BCUT2D eigenvalue weighted by Crippen LogP contribution is 2.31. The zero-order valence-electron chi connectivity index (χ0n) is 29.5. The number of rotatable bonds is 10. The maximum Gasteiger partial charge on any atom is 0.334 e. The number of aromatic hydroxyl groups is 1. The van der Waals surface area contributed by atoms with Gasteiger partial charge in [0.2, 0.25) is 11.8 Å². The maximum atomic E-state index is 15.2. The molecule has 1 aromatic heterocycles. The Morgan fingerprint density at radius 1 is 0.981 bits per heavy atom. The molecular weight excluding hydrogens is 665 g/mol. The van der Waals surface area contributed by atoms with Gasteiger partial charge in [0.25, 0.3) is 0 Å². The summed E-state index contributed by atoms with van der Waals surface area (Å²) in [7, 11) is 2.12. The van der Waals surface area contributed by atoms with E-state index in [2.05, 4.69) is 28.7 Å². The first-order valence-corrected chi connectivity index (χ1v) is 17.9. The molecule has 4 aliphatic rings. The van der Waals surface area contributed by atoms with Crippen molar-refractivity contribution in [3.63, 3.8) is 0 Å². The number of fused-ring (bicyclic) bond motifs is 1. The summed E-state index contributed by atoms with van der Waals surface area (Å²) in [5.41, 5.74) is 2.17. The van der Waals surface area contributed by atoms with Gasteiger partial charge in [-0.1, -0.05) is 48.5 Å². The highest BCUT2D eigenvalue weighted by atomic mass is 19.1. The minimum absolute atomic E-state index is 0.0205. The minimum atomic E-state index is -0.939. The van der Waals surface area contributed by atoms with Crippen LogP contribution in [0.2, 0.25) is 0 Å². The molecule has 4 saturated heterocycles. The van der Waals surface area contributed by atoms with Crippen molar-refractivity contribution in [3.8, 4) is 5.75 Å². The van der Waals surface area contributed by atoms with Gasteiger partial charge >= 0.3 is 6.03 Å². The quantitative estimate of drug-likeness (QED) is 0.305. The first-order valence-electron chi connectivity index (χ1n) is 17.9. The molecule has 13 nitrogen and oxygen atoms in total. The number of benzene rings is 2. The van der Waals surface area contributed by atoms with Crippen molar-refractivity contribution in [3.05, 3.63) is 102 Å². The predicted octanol–water partition coefficient (Wildman–Crippen LogP) is 2.10. The fourth-order valence-corrected chi connectivity index (χ4v) is 7.58. The average Bonchev–Trinajstić information content (AvgIpc) is 3.12. The molecule has 14 heteroatoms. The predicted molar refractivity (Wildman–Crippen MR) is 193 cm³/mol. The van der Waals surface area contributed by atoms with E-state index in [0.29, 0.717) is 24.8 Å². The van der Waals surface area contributed by atoms with E-state index in [9.17, 15) is 19.5 Å². The molecule has 7 rings (SSSR count). The summed E-state index contributed by atoms with van der Waals surface area (Å²) in [6.45, 7) is 9.68. The second-order valence-corrected chi connectivity index (χ2v) is 14.0. The van der Waals surface area contributed by atoms with Crippen LogP contribution in [0.5, 0.6) is 5.75 Å². The molecule has 4 aliphatic heterocycles. The zero-order chi connectivity index (χ0) is 36.4. The summed E-state index contributed by atoms with van der Waals surface area (Å²) >= 11 is 0. The number of halogens is 1. The van der Waals surface area contributed by atoms with Gasteiger partial charge < -0.3 is 30.0 Å². The number of pyridine rings is 1. The third-order valence-corrected chi connectivity index (χ3v) is 10.5. The van der Waals surface area contributed by atoms with Crippen LogP contribution in [-0.2, 0) is 29.1 Å². The zero-order valence-corrected chi connectivity index (χ0v) is 29.5. The van der Waals surface area contributed by atoms with E-state index in [1.54, 1.807) is 46.3 Å². The van der Waals surface area contributed by atoms with E-state index in [-0.39, 0.29) is 62.5 Å². The van der Waals surface area contributed by atoms with E-state index < -0.39 is 24.1 Å². The van der Waals surface area contributed by atoms with Gasteiger partial charge in [0.15, 0.2) is 11.6 Å². The Morgan fingerprint density at radius 2 is 1.71 bits per heavy atom.